The molecule has 0 fully saturated rings. The Morgan fingerprint density at radius 2 is 2.50 bits per heavy atom. The van der Waals surface area contributed by atoms with Gasteiger partial charge in [-0.1, -0.05) is 12.7 Å². The van der Waals surface area contributed by atoms with E-state index in [-0.39, 0.29) is 12.6 Å². The molecule has 0 saturated heterocycles. The van der Waals surface area contributed by atoms with Crippen LogP contribution in [-0.2, 0) is 9.53 Å². The van der Waals surface area contributed by atoms with Gasteiger partial charge < -0.3 is 10.5 Å². The van der Waals surface area contributed by atoms with Crippen molar-refractivity contribution in [3.05, 3.63) is 12.7 Å². The van der Waals surface area contributed by atoms with Crippen molar-refractivity contribution in [1.29, 1.82) is 0 Å². The van der Waals surface area contributed by atoms with Crippen molar-refractivity contribution in [2.75, 3.05) is 18.6 Å². The third-order valence-electron chi connectivity index (χ3n) is 1.28. The second-order valence-corrected chi connectivity index (χ2v) is 3.29. The van der Waals surface area contributed by atoms with Gasteiger partial charge in [-0.25, -0.2) is 0 Å². The molecule has 70 valence electrons. The molecular formula is C8H15NO2S. The third kappa shape index (κ3) is 5.21. The van der Waals surface area contributed by atoms with Crippen LogP contribution in [0.2, 0.25) is 0 Å². The summed E-state index contributed by atoms with van der Waals surface area (Å²) in [4.78, 5) is 11.0. The van der Waals surface area contributed by atoms with Gasteiger partial charge in [-0.05, 0) is 18.4 Å². The maximum atomic E-state index is 11.0. The van der Waals surface area contributed by atoms with Crippen LogP contribution in [0, 0.1) is 0 Å². The van der Waals surface area contributed by atoms with Crippen molar-refractivity contribution in [2.24, 2.45) is 5.73 Å². The highest BCUT2D eigenvalue weighted by Gasteiger charge is 2.13. The molecule has 0 radical (unpaired) electrons. The summed E-state index contributed by atoms with van der Waals surface area (Å²) in [6.45, 7) is 3.67. The highest BCUT2D eigenvalue weighted by atomic mass is 32.2. The molecular weight excluding hydrogens is 174 g/mol. The number of ether oxygens (including phenoxy) is 1. The molecule has 0 bridgehead atoms. The fourth-order valence-electron chi connectivity index (χ4n) is 0.611. The molecule has 3 nitrogen and oxygen atoms in total. The summed E-state index contributed by atoms with van der Waals surface area (Å²) in [5, 5.41) is 0. The summed E-state index contributed by atoms with van der Waals surface area (Å²) >= 11 is 1.66. The van der Waals surface area contributed by atoms with Crippen LogP contribution in [0.1, 0.15) is 6.42 Å². The van der Waals surface area contributed by atoms with Crippen molar-refractivity contribution < 1.29 is 9.53 Å². The molecule has 12 heavy (non-hydrogen) atoms. The van der Waals surface area contributed by atoms with E-state index < -0.39 is 6.04 Å². The number of carbonyl (C=O) groups is 1. The zero-order chi connectivity index (χ0) is 9.40. The van der Waals surface area contributed by atoms with Crippen LogP contribution in [0.5, 0.6) is 0 Å². The first-order chi connectivity index (χ1) is 5.72. The van der Waals surface area contributed by atoms with E-state index in [0.29, 0.717) is 6.42 Å². The lowest BCUT2D eigenvalue weighted by Gasteiger charge is -2.08. The normalized spacial score (nSPS) is 12.2. The minimum atomic E-state index is -0.489. The molecule has 0 aromatic heterocycles. The predicted molar refractivity (Wildman–Crippen MR) is 52.1 cm³/mol. The minimum absolute atomic E-state index is 0.242. The molecule has 0 rings (SSSR count). The van der Waals surface area contributed by atoms with E-state index in [0.717, 1.165) is 5.75 Å². The number of nitrogens with two attached hydrogens (primary N) is 1. The van der Waals surface area contributed by atoms with Crippen molar-refractivity contribution in [1.82, 2.24) is 0 Å². The first-order valence-corrected chi connectivity index (χ1v) is 5.13. The van der Waals surface area contributed by atoms with E-state index >= 15 is 0 Å². The predicted octanol–water partition coefficient (Wildman–Crippen LogP) is 0.796. The van der Waals surface area contributed by atoms with E-state index in [1.807, 2.05) is 6.26 Å². The molecule has 0 aliphatic heterocycles. The smallest absolute Gasteiger partial charge is 0.323 e. The zero-order valence-electron chi connectivity index (χ0n) is 7.29. The molecule has 0 aromatic rings. The number of carbonyl (C=O) groups excluding carboxylic acids is 1. The molecule has 4 heteroatoms. The molecule has 0 spiro atoms. The number of thioether (sulfide) groups is 1. The average molecular weight is 189 g/mol. The number of esters is 1. The molecule has 2 N–H and O–H groups in total. The van der Waals surface area contributed by atoms with Crippen LogP contribution >= 0.6 is 11.8 Å². The van der Waals surface area contributed by atoms with Gasteiger partial charge in [-0.2, -0.15) is 11.8 Å². The van der Waals surface area contributed by atoms with Crippen molar-refractivity contribution >= 4 is 17.7 Å². The molecule has 0 aliphatic carbocycles. The first-order valence-electron chi connectivity index (χ1n) is 3.74. The van der Waals surface area contributed by atoms with Gasteiger partial charge in [0.15, 0.2) is 0 Å². The standard InChI is InChI=1S/C8H15NO2S/c1-3-5-11-8(10)7(9)4-6-12-2/h3,7H,1,4-6,9H2,2H3/t7-/m1/s1. The monoisotopic (exact) mass is 189 g/mol. The van der Waals surface area contributed by atoms with E-state index in [4.69, 9.17) is 10.5 Å². The second kappa shape index (κ2) is 7.18. The van der Waals surface area contributed by atoms with Crippen molar-refractivity contribution in [3.63, 3.8) is 0 Å². The van der Waals surface area contributed by atoms with Gasteiger partial charge in [0.1, 0.15) is 12.6 Å². The maximum absolute atomic E-state index is 11.0. The Bertz CT molecular complexity index is 150. The van der Waals surface area contributed by atoms with E-state index in [9.17, 15) is 4.79 Å². The molecule has 0 amide bonds. The van der Waals surface area contributed by atoms with E-state index in [1.165, 1.54) is 6.08 Å². The summed E-state index contributed by atoms with van der Waals surface area (Å²) in [5.74, 6) is 0.536. The lowest BCUT2D eigenvalue weighted by molar-refractivity contribution is -0.143. The minimum Gasteiger partial charge on any atom is -0.460 e. The van der Waals surface area contributed by atoms with E-state index in [1.54, 1.807) is 11.8 Å². The van der Waals surface area contributed by atoms with Gasteiger partial charge in [-0.15, -0.1) is 0 Å². The van der Waals surface area contributed by atoms with Crippen molar-refractivity contribution in [2.45, 2.75) is 12.5 Å². The van der Waals surface area contributed by atoms with Crippen LogP contribution < -0.4 is 5.73 Å². The zero-order valence-corrected chi connectivity index (χ0v) is 8.10. The number of hydrogen-bond donors (Lipinski definition) is 1. The molecule has 0 aromatic carbocycles. The molecule has 1 atom stereocenters. The summed E-state index contributed by atoms with van der Waals surface area (Å²) in [6.07, 6.45) is 4.16. The van der Waals surface area contributed by atoms with Crippen LogP contribution in [0.3, 0.4) is 0 Å². The molecule has 0 heterocycles. The molecule has 0 saturated carbocycles. The summed E-state index contributed by atoms with van der Waals surface area (Å²) < 4.78 is 4.76. The van der Waals surface area contributed by atoms with Gasteiger partial charge in [0.2, 0.25) is 0 Å². The fourth-order valence-corrected chi connectivity index (χ4v) is 1.10. The summed E-state index contributed by atoms with van der Waals surface area (Å²) in [7, 11) is 0. The SMILES string of the molecule is C=CCOC(=O)[C@H](N)CCSC. The Hall–Kier alpha value is -0.480. The lowest BCUT2D eigenvalue weighted by Crippen LogP contribution is -2.32. The van der Waals surface area contributed by atoms with Crippen LogP contribution in [0.4, 0.5) is 0 Å². The fraction of sp³-hybridized carbons (Fsp3) is 0.625. The number of rotatable bonds is 6. The molecule has 0 unspecified atom stereocenters. The Labute approximate surface area is 77.3 Å². The summed E-state index contributed by atoms with van der Waals surface area (Å²) in [6, 6.07) is -0.489. The Morgan fingerprint density at radius 3 is 3.00 bits per heavy atom. The van der Waals surface area contributed by atoms with Gasteiger partial charge in [0.25, 0.3) is 0 Å². The van der Waals surface area contributed by atoms with E-state index in [2.05, 4.69) is 6.58 Å². The van der Waals surface area contributed by atoms with Crippen molar-refractivity contribution in [3.8, 4) is 0 Å². The quantitative estimate of drug-likeness (QED) is 0.496. The van der Waals surface area contributed by atoms with Gasteiger partial charge in [-0.3, -0.25) is 4.79 Å². The maximum Gasteiger partial charge on any atom is 0.323 e. The van der Waals surface area contributed by atoms with Crippen LogP contribution in [0.15, 0.2) is 12.7 Å². The molecule has 0 aliphatic rings. The second-order valence-electron chi connectivity index (χ2n) is 2.31. The van der Waals surface area contributed by atoms with Gasteiger partial charge in [0, 0.05) is 0 Å². The topological polar surface area (TPSA) is 52.3 Å². The Kier molecular flexibility index (Phi) is 6.90. The number of hydrogen-bond acceptors (Lipinski definition) is 4. The Balaban J connectivity index is 3.53. The lowest BCUT2D eigenvalue weighted by atomic mass is 10.2. The van der Waals surface area contributed by atoms with Gasteiger partial charge in [0.05, 0.1) is 0 Å². The largest absolute Gasteiger partial charge is 0.460 e. The highest BCUT2D eigenvalue weighted by Crippen LogP contribution is 1.99. The Morgan fingerprint density at radius 1 is 1.83 bits per heavy atom. The third-order valence-corrected chi connectivity index (χ3v) is 1.92. The summed E-state index contributed by atoms with van der Waals surface area (Å²) in [5.41, 5.74) is 5.52. The first kappa shape index (κ1) is 11.5. The highest BCUT2D eigenvalue weighted by molar-refractivity contribution is 7.98. The van der Waals surface area contributed by atoms with Crippen LogP contribution in [-0.4, -0.2) is 30.6 Å². The van der Waals surface area contributed by atoms with Gasteiger partial charge >= 0.3 is 5.97 Å². The average Bonchev–Trinajstić information content (AvgIpc) is 2.10. The van der Waals surface area contributed by atoms with Crippen LogP contribution in [0.25, 0.3) is 0 Å².